The number of amides is 1. The highest BCUT2D eigenvalue weighted by Gasteiger charge is 2.36. The van der Waals surface area contributed by atoms with Gasteiger partial charge in [0.05, 0.1) is 11.6 Å². The molecule has 1 aromatic rings. The first-order valence-corrected chi connectivity index (χ1v) is 9.04. The van der Waals surface area contributed by atoms with Crippen molar-refractivity contribution in [3.63, 3.8) is 0 Å². The molecule has 0 spiro atoms. The second-order valence-corrected chi connectivity index (χ2v) is 7.15. The van der Waals surface area contributed by atoms with E-state index in [2.05, 4.69) is 41.4 Å². The summed E-state index contributed by atoms with van der Waals surface area (Å²) >= 11 is 0. The molecule has 7 heteroatoms. The lowest BCUT2D eigenvalue weighted by molar-refractivity contribution is -0.130. The van der Waals surface area contributed by atoms with Crippen molar-refractivity contribution in [2.45, 2.75) is 44.2 Å². The highest BCUT2D eigenvalue weighted by Crippen LogP contribution is 2.25. The number of ether oxygens (including phenoxy) is 1. The molecule has 0 saturated carbocycles. The summed E-state index contributed by atoms with van der Waals surface area (Å²) in [6.07, 6.45) is 3.65. The largest absolute Gasteiger partial charge is 0.381 e. The van der Waals surface area contributed by atoms with Crippen LogP contribution in [0.1, 0.15) is 42.9 Å². The number of nitrogens with one attached hydrogen (secondary N) is 1. The molecule has 3 rings (SSSR count). The van der Waals surface area contributed by atoms with Crippen LogP contribution in [0.25, 0.3) is 0 Å². The minimum atomic E-state index is -0.777. The predicted octanol–water partition coefficient (Wildman–Crippen LogP) is 2.60. The zero-order chi connectivity index (χ0) is 17.0. The number of rotatable bonds is 5. The number of benzene rings is 1. The highest BCUT2D eigenvalue weighted by atomic mass is 35.5. The van der Waals surface area contributed by atoms with Gasteiger partial charge in [0.15, 0.2) is 0 Å². The molecule has 2 aliphatic rings. The van der Waals surface area contributed by atoms with Crippen LogP contribution in [-0.2, 0) is 9.53 Å². The summed E-state index contributed by atoms with van der Waals surface area (Å²) in [5, 5.41) is 3.12. The lowest BCUT2D eigenvalue weighted by atomic mass is 9.90. The van der Waals surface area contributed by atoms with E-state index in [-0.39, 0.29) is 36.8 Å². The molecule has 1 aromatic carbocycles. The second-order valence-electron chi connectivity index (χ2n) is 7.15. The number of carbonyl (C=O) groups excluding carboxylic acids is 1. The van der Waals surface area contributed by atoms with Crippen LogP contribution in [-0.4, -0.2) is 49.2 Å². The Labute approximate surface area is 168 Å². The zero-order valence-corrected chi connectivity index (χ0v) is 17.0. The fourth-order valence-corrected chi connectivity index (χ4v) is 3.63. The first-order valence-electron chi connectivity index (χ1n) is 9.04. The van der Waals surface area contributed by atoms with Crippen LogP contribution in [0.2, 0.25) is 0 Å². The molecule has 2 saturated heterocycles. The number of carbonyl (C=O) groups is 1. The van der Waals surface area contributed by atoms with Crippen LogP contribution in [0.3, 0.4) is 0 Å². The van der Waals surface area contributed by atoms with Crippen LogP contribution < -0.4 is 11.1 Å². The van der Waals surface area contributed by atoms with Crippen molar-refractivity contribution < 1.29 is 9.53 Å². The van der Waals surface area contributed by atoms with E-state index in [0.717, 1.165) is 13.1 Å². The van der Waals surface area contributed by atoms with Crippen molar-refractivity contribution in [2.24, 2.45) is 5.73 Å². The third-order valence-corrected chi connectivity index (χ3v) is 5.34. The Balaban J connectivity index is 0.00000169. The van der Waals surface area contributed by atoms with Crippen molar-refractivity contribution in [2.75, 3.05) is 32.8 Å². The monoisotopic (exact) mass is 403 g/mol. The fraction of sp³-hybridized carbons (Fsp3) is 0.632. The Morgan fingerprint density at radius 1 is 1.19 bits per heavy atom. The molecular weight excluding hydrogens is 373 g/mol. The Morgan fingerprint density at radius 3 is 2.35 bits per heavy atom. The summed E-state index contributed by atoms with van der Waals surface area (Å²) in [4.78, 5) is 15.1. The van der Waals surface area contributed by atoms with Gasteiger partial charge in [-0.15, -0.1) is 24.8 Å². The van der Waals surface area contributed by atoms with Gasteiger partial charge in [0.2, 0.25) is 5.91 Å². The molecule has 0 radical (unpaired) electrons. The second kappa shape index (κ2) is 10.5. The van der Waals surface area contributed by atoms with E-state index >= 15 is 0 Å². The maximum absolute atomic E-state index is 12.6. The number of hydrogen-bond donors (Lipinski definition) is 2. The molecule has 1 amide bonds. The van der Waals surface area contributed by atoms with Crippen LogP contribution in [0.5, 0.6) is 0 Å². The summed E-state index contributed by atoms with van der Waals surface area (Å²) < 4.78 is 5.33. The van der Waals surface area contributed by atoms with Gasteiger partial charge in [0.1, 0.15) is 0 Å². The normalized spacial score (nSPS) is 20.5. The SMILES string of the molecule is Cc1ccc(C(CNC(=O)C2(N)CCOCC2)N2CCCC2)cc1.Cl.Cl. The van der Waals surface area contributed by atoms with Crippen molar-refractivity contribution in [3.05, 3.63) is 35.4 Å². The first kappa shape index (κ1) is 23.2. The van der Waals surface area contributed by atoms with Gasteiger partial charge in [-0.3, -0.25) is 9.69 Å². The smallest absolute Gasteiger partial charge is 0.240 e. The summed E-state index contributed by atoms with van der Waals surface area (Å²) in [6, 6.07) is 8.86. The Morgan fingerprint density at radius 2 is 1.77 bits per heavy atom. The number of halogens is 2. The Bertz CT molecular complexity index is 556. The number of hydrogen-bond acceptors (Lipinski definition) is 4. The number of likely N-dealkylation sites (tertiary alicyclic amines) is 1. The molecule has 26 heavy (non-hydrogen) atoms. The minimum absolute atomic E-state index is 0. The average Bonchev–Trinajstić information content (AvgIpc) is 3.11. The fourth-order valence-electron chi connectivity index (χ4n) is 3.63. The van der Waals surface area contributed by atoms with Gasteiger partial charge < -0.3 is 15.8 Å². The molecular formula is C19H31Cl2N3O2. The molecule has 0 aliphatic carbocycles. The Hall–Kier alpha value is -0.850. The minimum Gasteiger partial charge on any atom is -0.381 e. The average molecular weight is 404 g/mol. The van der Waals surface area contributed by atoms with Crippen LogP contribution in [0.15, 0.2) is 24.3 Å². The van der Waals surface area contributed by atoms with E-state index < -0.39 is 5.54 Å². The van der Waals surface area contributed by atoms with E-state index in [4.69, 9.17) is 10.5 Å². The molecule has 2 heterocycles. The van der Waals surface area contributed by atoms with Gasteiger partial charge in [0.25, 0.3) is 0 Å². The van der Waals surface area contributed by atoms with Gasteiger partial charge in [-0.05, 0) is 51.3 Å². The molecule has 2 fully saturated rings. The van der Waals surface area contributed by atoms with Gasteiger partial charge in [-0.2, -0.15) is 0 Å². The Kier molecular flexibility index (Phi) is 9.34. The van der Waals surface area contributed by atoms with Crippen LogP contribution >= 0.6 is 24.8 Å². The number of aryl methyl sites for hydroxylation is 1. The van der Waals surface area contributed by atoms with Gasteiger partial charge in [0, 0.05) is 19.8 Å². The van der Waals surface area contributed by atoms with Crippen molar-refractivity contribution in [3.8, 4) is 0 Å². The molecule has 0 bridgehead atoms. The maximum atomic E-state index is 12.6. The zero-order valence-electron chi connectivity index (χ0n) is 15.4. The van der Waals surface area contributed by atoms with E-state index in [1.54, 1.807) is 0 Å². The third kappa shape index (κ3) is 5.57. The summed E-state index contributed by atoms with van der Waals surface area (Å²) in [5.41, 5.74) is 8.04. The highest BCUT2D eigenvalue weighted by molar-refractivity contribution is 5.86. The molecule has 2 aliphatic heterocycles. The van der Waals surface area contributed by atoms with Gasteiger partial charge in [-0.1, -0.05) is 29.8 Å². The van der Waals surface area contributed by atoms with E-state index in [0.29, 0.717) is 32.6 Å². The van der Waals surface area contributed by atoms with Crippen LogP contribution in [0, 0.1) is 6.92 Å². The van der Waals surface area contributed by atoms with E-state index in [9.17, 15) is 4.79 Å². The summed E-state index contributed by atoms with van der Waals surface area (Å²) in [6.45, 7) is 6.03. The van der Waals surface area contributed by atoms with Gasteiger partial charge >= 0.3 is 0 Å². The molecule has 1 unspecified atom stereocenters. The molecule has 0 aromatic heterocycles. The van der Waals surface area contributed by atoms with Gasteiger partial charge in [-0.25, -0.2) is 0 Å². The first-order chi connectivity index (χ1) is 11.6. The molecule has 148 valence electrons. The predicted molar refractivity (Wildman–Crippen MR) is 109 cm³/mol. The summed E-state index contributed by atoms with van der Waals surface area (Å²) in [7, 11) is 0. The van der Waals surface area contributed by atoms with Crippen LogP contribution in [0.4, 0.5) is 0 Å². The lowest BCUT2D eigenvalue weighted by Crippen LogP contribution is -2.57. The molecule has 5 nitrogen and oxygen atoms in total. The standard InChI is InChI=1S/C19H29N3O2.2ClH/c1-15-4-6-16(7-5-15)17(22-10-2-3-11-22)14-21-18(23)19(20)8-12-24-13-9-19;;/h4-7,17H,2-3,8-14,20H2,1H3,(H,21,23);2*1H. The topological polar surface area (TPSA) is 67.6 Å². The third-order valence-electron chi connectivity index (χ3n) is 5.34. The quantitative estimate of drug-likeness (QED) is 0.792. The lowest BCUT2D eigenvalue weighted by Gasteiger charge is -2.34. The van der Waals surface area contributed by atoms with Crippen molar-refractivity contribution in [1.82, 2.24) is 10.2 Å². The number of nitrogens with two attached hydrogens (primary N) is 1. The maximum Gasteiger partial charge on any atom is 0.240 e. The van der Waals surface area contributed by atoms with E-state index in [1.807, 2.05) is 0 Å². The molecule has 3 N–H and O–H groups in total. The number of nitrogens with zero attached hydrogens (tertiary/aromatic N) is 1. The van der Waals surface area contributed by atoms with Crippen molar-refractivity contribution >= 4 is 30.7 Å². The summed E-state index contributed by atoms with van der Waals surface area (Å²) in [5.74, 6) is -0.0397. The van der Waals surface area contributed by atoms with E-state index in [1.165, 1.54) is 24.0 Å². The molecule has 1 atom stereocenters. The van der Waals surface area contributed by atoms with Crippen molar-refractivity contribution in [1.29, 1.82) is 0 Å².